The van der Waals surface area contributed by atoms with E-state index in [2.05, 4.69) is 39.4 Å². The van der Waals surface area contributed by atoms with Crippen molar-refractivity contribution >= 4 is 11.4 Å². The maximum atomic E-state index is 9.24. The average Bonchev–Trinajstić information content (AvgIpc) is 2.59. The van der Waals surface area contributed by atoms with Crippen molar-refractivity contribution in [3.8, 4) is 0 Å². The van der Waals surface area contributed by atoms with Crippen LogP contribution in [0, 0.1) is 5.92 Å². The van der Waals surface area contributed by atoms with E-state index in [-0.39, 0.29) is 0 Å². The zero-order valence-electron chi connectivity index (χ0n) is 14.5. The highest BCUT2D eigenvalue weighted by Crippen LogP contribution is 2.27. The van der Waals surface area contributed by atoms with Crippen LogP contribution in [-0.2, 0) is 4.74 Å². The molecule has 1 aromatic carbocycles. The molecule has 0 amide bonds. The van der Waals surface area contributed by atoms with Gasteiger partial charge in [-0.15, -0.1) is 0 Å². The van der Waals surface area contributed by atoms with Gasteiger partial charge >= 0.3 is 0 Å². The Morgan fingerprint density at radius 3 is 2.54 bits per heavy atom. The standard InChI is InChI=1S/C19H29N3O2/c1-24-12-2-9-20-17-3-5-18(6-4-17)22-13-19(14-22)21-10-7-16(15-23)8-11-21/h2-6,12,16,19-20,23H,7-11,13-15H2,1H3/b12-2+. The molecule has 0 atom stereocenters. The first kappa shape index (κ1) is 17.1. The van der Waals surface area contributed by atoms with Crippen molar-refractivity contribution in [2.45, 2.75) is 18.9 Å². The van der Waals surface area contributed by atoms with E-state index >= 15 is 0 Å². The Morgan fingerprint density at radius 2 is 1.92 bits per heavy atom. The second-order valence-electron chi connectivity index (χ2n) is 6.76. The molecule has 24 heavy (non-hydrogen) atoms. The molecule has 2 aliphatic rings. The van der Waals surface area contributed by atoms with Gasteiger partial charge in [-0.2, -0.15) is 0 Å². The molecule has 132 valence electrons. The van der Waals surface area contributed by atoms with Crippen molar-refractivity contribution < 1.29 is 9.84 Å². The second-order valence-corrected chi connectivity index (χ2v) is 6.76. The van der Waals surface area contributed by atoms with E-state index in [1.54, 1.807) is 13.4 Å². The number of likely N-dealkylation sites (tertiary alicyclic amines) is 1. The largest absolute Gasteiger partial charge is 0.505 e. The zero-order valence-corrected chi connectivity index (χ0v) is 14.5. The zero-order chi connectivity index (χ0) is 16.8. The van der Waals surface area contributed by atoms with Crippen LogP contribution in [0.1, 0.15) is 12.8 Å². The van der Waals surface area contributed by atoms with Crippen LogP contribution >= 0.6 is 0 Å². The summed E-state index contributed by atoms with van der Waals surface area (Å²) in [5, 5.41) is 12.6. The number of aliphatic hydroxyl groups is 1. The SMILES string of the molecule is CO/C=C/CNc1ccc(N2CC(N3CCC(CO)CC3)C2)cc1. The van der Waals surface area contributed by atoms with E-state index in [0.717, 1.165) is 51.3 Å². The molecular weight excluding hydrogens is 302 g/mol. The van der Waals surface area contributed by atoms with Gasteiger partial charge in [0, 0.05) is 43.7 Å². The van der Waals surface area contributed by atoms with Gasteiger partial charge in [-0.05, 0) is 62.2 Å². The minimum absolute atomic E-state index is 0.353. The number of anilines is 2. The number of nitrogens with zero attached hydrogens (tertiary/aromatic N) is 2. The topological polar surface area (TPSA) is 48.0 Å². The molecule has 0 aliphatic carbocycles. The molecule has 0 unspecified atom stereocenters. The molecule has 3 rings (SSSR count). The fraction of sp³-hybridized carbons (Fsp3) is 0.579. The number of benzene rings is 1. The summed E-state index contributed by atoms with van der Waals surface area (Å²) in [4.78, 5) is 5.04. The molecular formula is C19H29N3O2. The van der Waals surface area contributed by atoms with E-state index in [1.807, 2.05) is 6.08 Å². The maximum Gasteiger partial charge on any atom is 0.0802 e. The Balaban J connectivity index is 1.42. The molecule has 0 aromatic heterocycles. The van der Waals surface area contributed by atoms with Crippen LogP contribution in [0.3, 0.4) is 0 Å². The van der Waals surface area contributed by atoms with Crippen molar-refractivity contribution in [3.05, 3.63) is 36.6 Å². The number of methoxy groups -OCH3 is 1. The molecule has 2 heterocycles. The quantitative estimate of drug-likeness (QED) is 0.750. The van der Waals surface area contributed by atoms with Crippen LogP contribution in [0.15, 0.2) is 36.6 Å². The number of piperidine rings is 1. The Morgan fingerprint density at radius 1 is 1.21 bits per heavy atom. The lowest BCUT2D eigenvalue weighted by atomic mass is 9.95. The van der Waals surface area contributed by atoms with E-state index in [1.165, 1.54) is 5.69 Å². The molecule has 2 fully saturated rings. The number of nitrogens with one attached hydrogen (secondary N) is 1. The molecule has 0 spiro atoms. The van der Waals surface area contributed by atoms with Crippen LogP contribution in [0.4, 0.5) is 11.4 Å². The first-order valence-electron chi connectivity index (χ1n) is 8.91. The number of aliphatic hydroxyl groups excluding tert-OH is 1. The highest BCUT2D eigenvalue weighted by molar-refractivity contribution is 5.56. The normalized spacial score (nSPS) is 20.3. The van der Waals surface area contributed by atoms with E-state index in [4.69, 9.17) is 4.74 Å². The fourth-order valence-corrected chi connectivity index (χ4v) is 3.51. The predicted molar refractivity (Wildman–Crippen MR) is 98.5 cm³/mol. The van der Waals surface area contributed by atoms with Crippen molar-refractivity contribution in [1.82, 2.24) is 4.90 Å². The van der Waals surface area contributed by atoms with Gasteiger partial charge in [-0.25, -0.2) is 0 Å². The summed E-state index contributed by atoms with van der Waals surface area (Å²) in [5.74, 6) is 0.524. The van der Waals surface area contributed by atoms with Gasteiger partial charge in [0.05, 0.1) is 13.4 Å². The van der Waals surface area contributed by atoms with Crippen LogP contribution in [0.25, 0.3) is 0 Å². The Bertz CT molecular complexity index is 518. The average molecular weight is 331 g/mol. The molecule has 1 aromatic rings. The number of ether oxygens (including phenoxy) is 1. The third-order valence-electron chi connectivity index (χ3n) is 5.17. The number of hydrogen-bond donors (Lipinski definition) is 2. The second kappa shape index (κ2) is 8.40. The van der Waals surface area contributed by atoms with E-state index < -0.39 is 0 Å². The highest BCUT2D eigenvalue weighted by Gasteiger charge is 2.33. The number of rotatable bonds is 7. The first-order valence-corrected chi connectivity index (χ1v) is 8.91. The lowest BCUT2D eigenvalue weighted by molar-refractivity contribution is 0.0880. The predicted octanol–water partition coefficient (Wildman–Crippen LogP) is 2.15. The van der Waals surface area contributed by atoms with Gasteiger partial charge in [-0.1, -0.05) is 0 Å². The lowest BCUT2D eigenvalue weighted by Gasteiger charge is -2.48. The number of hydrogen-bond acceptors (Lipinski definition) is 5. The molecule has 2 saturated heterocycles. The minimum atomic E-state index is 0.353. The Kier molecular flexibility index (Phi) is 5.99. The van der Waals surface area contributed by atoms with Crippen LogP contribution < -0.4 is 10.2 Å². The van der Waals surface area contributed by atoms with Gasteiger partial charge in [0.25, 0.3) is 0 Å². The highest BCUT2D eigenvalue weighted by atomic mass is 16.5. The van der Waals surface area contributed by atoms with Crippen molar-refractivity contribution in [3.63, 3.8) is 0 Å². The first-order chi connectivity index (χ1) is 11.8. The molecule has 0 saturated carbocycles. The van der Waals surface area contributed by atoms with Gasteiger partial charge in [0.15, 0.2) is 0 Å². The van der Waals surface area contributed by atoms with E-state index in [0.29, 0.717) is 18.6 Å². The van der Waals surface area contributed by atoms with Crippen LogP contribution in [-0.4, -0.2) is 62.5 Å². The molecule has 5 nitrogen and oxygen atoms in total. The molecule has 2 aliphatic heterocycles. The molecule has 5 heteroatoms. The third-order valence-corrected chi connectivity index (χ3v) is 5.17. The van der Waals surface area contributed by atoms with Gasteiger partial charge in [0.2, 0.25) is 0 Å². The molecule has 0 bridgehead atoms. The summed E-state index contributed by atoms with van der Waals surface area (Å²) in [6.45, 7) is 5.64. The molecule has 2 N–H and O–H groups in total. The lowest BCUT2D eigenvalue weighted by Crippen LogP contribution is -2.61. The molecule has 0 radical (unpaired) electrons. The van der Waals surface area contributed by atoms with Crippen molar-refractivity contribution in [2.24, 2.45) is 5.92 Å². The summed E-state index contributed by atoms with van der Waals surface area (Å²) in [5.41, 5.74) is 2.43. The van der Waals surface area contributed by atoms with Gasteiger partial charge in [-0.3, -0.25) is 4.90 Å². The van der Waals surface area contributed by atoms with Crippen LogP contribution in [0.2, 0.25) is 0 Å². The van der Waals surface area contributed by atoms with Gasteiger partial charge in [0.1, 0.15) is 0 Å². The summed E-state index contributed by atoms with van der Waals surface area (Å²) in [6.07, 6.45) is 5.93. The summed E-state index contributed by atoms with van der Waals surface area (Å²) >= 11 is 0. The summed E-state index contributed by atoms with van der Waals surface area (Å²) in [6, 6.07) is 9.33. The van der Waals surface area contributed by atoms with E-state index in [9.17, 15) is 5.11 Å². The Hall–Kier alpha value is -1.72. The Labute approximate surface area is 144 Å². The summed E-state index contributed by atoms with van der Waals surface area (Å²) < 4.78 is 4.88. The van der Waals surface area contributed by atoms with Crippen LogP contribution in [0.5, 0.6) is 0 Å². The maximum absolute atomic E-state index is 9.24. The van der Waals surface area contributed by atoms with Gasteiger partial charge < -0.3 is 20.1 Å². The monoisotopic (exact) mass is 331 g/mol. The fourth-order valence-electron chi connectivity index (χ4n) is 3.51. The van der Waals surface area contributed by atoms with Crippen molar-refractivity contribution in [2.75, 3.05) is 56.7 Å². The minimum Gasteiger partial charge on any atom is -0.505 e. The van der Waals surface area contributed by atoms with Crippen molar-refractivity contribution in [1.29, 1.82) is 0 Å². The summed E-state index contributed by atoms with van der Waals surface area (Å²) in [7, 11) is 1.65. The third kappa shape index (κ3) is 4.22. The smallest absolute Gasteiger partial charge is 0.0802 e.